The van der Waals surface area contributed by atoms with Crippen LogP contribution >= 0.6 is 0 Å². The molecule has 26 heavy (non-hydrogen) atoms. The highest BCUT2D eigenvalue weighted by Gasteiger charge is 2.34. The third-order valence-corrected chi connectivity index (χ3v) is 5.90. The summed E-state index contributed by atoms with van der Waals surface area (Å²) in [5, 5.41) is 14.7. The van der Waals surface area contributed by atoms with Crippen LogP contribution in [-0.2, 0) is 19.5 Å². The van der Waals surface area contributed by atoms with Gasteiger partial charge >= 0.3 is 0 Å². The molecule has 1 aliphatic heterocycles. The van der Waals surface area contributed by atoms with Crippen molar-refractivity contribution in [1.82, 2.24) is 14.7 Å². The largest absolute Gasteiger partial charge is 0.396 e. The van der Waals surface area contributed by atoms with E-state index in [0.717, 1.165) is 58.3 Å². The maximum Gasteiger partial charge on any atom is 0.0537 e. The van der Waals surface area contributed by atoms with E-state index in [-0.39, 0.29) is 12.0 Å². The predicted octanol–water partition coefficient (Wildman–Crippen LogP) is 3.81. The minimum atomic E-state index is 0.0292. The molecule has 1 aromatic carbocycles. The molecule has 4 heteroatoms. The maximum absolute atomic E-state index is 10.2. The normalized spacial score (nSPS) is 21.2. The average Bonchev–Trinajstić information content (AvgIpc) is 3.01. The number of hydrogen-bond donors (Lipinski definition) is 1. The lowest BCUT2D eigenvalue weighted by Gasteiger charge is -2.42. The van der Waals surface area contributed by atoms with Gasteiger partial charge in [-0.15, -0.1) is 0 Å². The molecule has 1 N–H and O–H groups in total. The van der Waals surface area contributed by atoms with Crippen molar-refractivity contribution in [2.45, 2.75) is 59.0 Å². The van der Waals surface area contributed by atoms with Crippen molar-refractivity contribution in [3.05, 3.63) is 53.3 Å². The van der Waals surface area contributed by atoms with Crippen molar-refractivity contribution < 1.29 is 5.11 Å². The van der Waals surface area contributed by atoms with Gasteiger partial charge in [0.2, 0.25) is 0 Å². The molecule has 4 nitrogen and oxygen atoms in total. The first-order valence-electron chi connectivity index (χ1n) is 10.0. The fourth-order valence-corrected chi connectivity index (χ4v) is 4.23. The van der Waals surface area contributed by atoms with E-state index in [2.05, 4.69) is 58.9 Å². The molecule has 1 aromatic heterocycles. The monoisotopic (exact) mass is 355 g/mol. The van der Waals surface area contributed by atoms with Gasteiger partial charge in [0.1, 0.15) is 0 Å². The number of likely N-dealkylation sites (tertiary alicyclic amines) is 1. The number of aliphatic hydroxyl groups excluding tert-OH is 1. The second kappa shape index (κ2) is 8.83. The molecular formula is C22H33N3O. The molecule has 142 valence electrons. The van der Waals surface area contributed by atoms with Gasteiger partial charge in [-0.25, -0.2) is 0 Å². The van der Waals surface area contributed by atoms with Crippen LogP contribution in [-0.4, -0.2) is 39.5 Å². The Morgan fingerprint density at radius 3 is 2.77 bits per heavy atom. The van der Waals surface area contributed by atoms with Crippen molar-refractivity contribution in [2.75, 3.05) is 19.7 Å². The lowest BCUT2D eigenvalue weighted by atomic mass is 9.76. The smallest absolute Gasteiger partial charge is 0.0537 e. The molecule has 0 aliphatic carbocycles. The van der Waals surface area contributed by atoms with Crippen molar-refractivity contribution in [2.24, 2.45) is 5.41 Å². The Balaban J connectivity index is 1.63. The number of aryl methyl sites for hydroxylation is 2. The number of nitrogens with zero attached hydrogens (tertiary/aromatic N) is 3. The maximum atomic E-state index is 10.2. The zero-order valence-corrected chi connectivity index (χ0v) is 16.3. The number of hydrogen-bond acceptors (Lipinski definition) is 3. The van der Waals surface area contributed by atoms with Crippen LogP contribution in [0, 0.1) is 12.3 Å². The molecule has 0 radical (unpaired) electrons. The lowest BCUT2D eigenvalue weighted by Crippen LogP contribution is -2.45. The number of aromatic nitrogens is 2. The first-order chi connectivity index (χ1) is 12.7. The molecule has 1 atom stereocenters. The van der Waals surface area contributed by atoms with Crippen molar-refractivity contribution in [1.29, 1.82) is 0 Å². The van der Waals surface area contributed by atoms with Gasteiger partial charge in [-0.1, -0.05) is 37.3 Å². The summed E-state index contributed by atoms with van der Waals surface area (Å²) in [4.78, 5) is 2.52. The Labute approximate surface area is 157 Å². The van der Waals surface area contributed by atoms with Crippen LogP contribution in [0.5, 0.6) is 0 Å². The van der Waals surface area contributed by atoms with Gasteiger partial charge in [-0.3, -0.25) is 9.58 Å². The van der Waals surface area contributed by atoms with E-state index in [4.69, 9.17) is 0 Å². The van der Waals surface area contributed by atoms with E-state index >= 15 is 0 Å². The Hall–Kier alpha value is -1.65. The Bertz CT molecular complexity index is 682. The fourth-order valence-electron chi connectivity index (χ4n) is 4.23. The molecule has 0 spiro atoms. The molecule has 0 unspecified atom stereocenters. The summed E-state index contributed by atoms with van der Waals surface area (Å²) in [6.07, 6.45) is 7.53. The quantitative estimate of drug-likeness (QED) is 0.783. The fraction of sp³-hybridized carbons (Fsp3) is 0.591. The molecule has 3 rings (SSSR count). The van der Waals surface area contributed by atoms with Crippen LogP contribution in [0.1, 0.15) is 49.4 Å². The first-order valence-corrected chi connectivity index (χ1v) is 10.0. The molecule has 0 bridgehead atoms. The van der Waals surface area contributed by atoms with Crippen molar-refractivity contribution in [3.8, 4) is 0 Å². The van der Waals surface area contributed by atoms with E-state index in [1.165, 1.54) is 16.8 Å². The van der Waals surface area contributed by atoms with Gasteiger partial charge in [0.15, 0.2) is 0 Å². The van der Waals surface area contributed by atoms with Crippen LogP contribution in [0.15, 0.2) is 36.5 Å². The van der Waals surface area contributed by atoms with Crippen LogP contribution in [0.2, 0.25) is 0 Å². The van der Waals surface area contributed by atoms with Gasteiger partial charge in [-0.05, 0) is 51.1 Å². The average molecular weight is 356 g/mol. The van der Waals surface area contributed by atoms with E-state index in [1.54, 1.807) is 0 Å². The van der Waals surface area contributed by atoms with Crippen LogP contribution in [0.25, 0.3) is 0 Å². The van der Waals surface area contributed by atoms with Crippen LogP contribution in [0.3, 0.4) is 0 Å². The Kier molecular flexibility index (Phi) is 6.49. The summed E-state index contributed by atoms with van der Waals surface area (Å²) >= 11 is 0. The van der Waals surface area contributed by atoms with Crippen LogP contribution in [0.4, 0.5) is 0 Å². The van der Waals surface area contributed by atoms with Crippen molar-refractivity contribution >= 4 is 0 Å². The SMILES string of the molecule is CCCn1ncc(CN2CCC[C@](CO)(CCc3ccccc3)C2)c1C. The predicted molar refractivity (Wildman–Crippen MR) is 106 cm³/mol. The lowest BCUT2D eigenvalue weighted by molar-refractivity contribution is 0.0223. The second-order valence-corrected chi connectivity index (χ2v) is 7.94. The topological polar surface area (TPSA) is 41.3 Å². The molecule has 0 amide bonds. The number of piperidine rings is 1. The Morgan fingerprint density at radius 2 is 2.04 bits per heavy atom. The first kappa shape index (κ1) is 19.1. The number of benzene rings is 1. The summed E-state index contributed by atoms with van der Waals surface area (Å²) in [5.41, 5.74) is 4.02. The zero-order valence-electron chi connectivity index (χ0n) is 16.3. The van der Waals surface area contributed by atoms with E-state index in [9.17, 15) is 5.11 Å². The third kappa shape index (κ3) is 4.54. The third-order valence-electron chi connectivity index (χ3n) is 5.90. The van der Waals surface area contributed by atoms with Crippen LogP contribution < -0.4 is 0 Å². The number of aliphatic hydroxyl groups is 1. The van der Waals surface area contributed by atoms with Crippen molar-refractivity contribution in [3.63, 3.8) is 0 Å². The molecule has 1 aliphatic rings. The molecule has 2 heterocycles. The summed E-state index contributed by atoms with van der Waals surface area (Å²) in [7, 11) is 0. The summed E-state index contributed by atoms with van der Waals surface area (Å²) in [6.45, 7) is 8.68. The molecule has 2 aromatic rings. The standard InChI is InChI=1S/C22H33N3O/c1-3-13-25-19(2)21(15-23-25)16-24-14-7-11-22(17-24,18-26)12-10-20-8-5-4-6-9-20/h4-6,8-9,15,26H,3,7,10-14,16-18H2,1-2H3/t22-/m0/s1. The van der Waals surface area contributed by atoms with E-state index in [0.29, 0.717) is 0 Å². The van der Waals surface area contributed by atoms with Gasteiger partial charge in [0.25, 0.3) is 0 Å². The number of rotatable bonds is 8. The highest BCUT2D eigenvalue weighted by atomic mass is 16.3. The molecular weight excluding hydrogens is 322 g/mol. The minimum absolute atomic E-state index is 0.0292. The van der Waals surface area contributed by atoms with Gasteiger partial charge in [0.05, 0.1) is 6.20 Å². The highest BCUT2D eigenvalue weighted by molar-refractivity contribution is 5.17. The zero-order chi connectivity index (χ0) is 18.4. The highest BCUT2D eigenvalue weighted by Crippen LogP contribution is 2.35. The van der Waals surface area contributed by atoms with Gasteiger partial charge < -0.3 is 5.11 Å². The van der Waals surface area contributed by atoms with E-state index < -0.39 is 0 Å². The molecule has 1 fully saturated rings. The summed E-state index contributed by atoms with van der Waals surface area (Å²) in [6, 6.07) is 10.7. The van der Waals surface area contributed by atoms with E-state index in [1.807, 2.05) is 6.20 Å². The van der Waals surface area contributed by atoms with Gasteiger partial charge in [0, 0.05) is 42.9 Å². The summed E-state index contributed by atoms with van der Waals surface area (Å²) < 4.78 is 2.12. The Morgan fingerprint density at radius 1 is 1.23 bits per heavy atom. The van der Waals surface area contributed by atoms with Gasteiger partial charge in [-0.2, -0.15) is 5.10 Å². The summed E-state index contributed by atoms with van der Waals surface area (Å²) in [5.74, 6) is 0. The molecule has 0 saturated carbocycles. The minimum Gasteiger partial charge on any atom is -0.396 e. The second-order valence-electron chi connectivity index (χ2n) is 7.94. The molecule has 1 saturated heterocycles.